The van der Waals surface area contributed by atoms with Crippen LogP contribution in [0.25, 0.3) is 11.3 Å². The fourth-order valence-electron chi connectivity index (χ4n) is 1.99. The monoisotopic (exact) mass is 293 g/mol. The van der Waals surface area contributed by atoms with Crippen LogP contribution in [-0.4, -0.2) is 18.3 Å². The van der Waals surface area contributed by atoms with Crippen LogP contribution in [0.5, 0.6) is 0 Å². The Kier molecular flexibility index (Phi) is 6.12. The van der Waals surface area contributed by atoms with Crippen LogP contribution in [0.4, 0.5) is 0 Å². The third-order valence-electron chi connectivity index (χ3n) is 3.10. The Morgan fingerprint density at radius 2 is 1.80 bits per heavy atom. The Morgan fingerprint density at radius 1 is 1.00 bits per heavy atom. The topological polar surface area (TPSA) is 45.4 Å². The number of hydrogen-bond donors (Lipinski definition) is 2. The SMILES string of the molecule is OCCCCCNCc1ccc(-c2ccc(Cl)cc2)o1. The first kappa shape index (κ1) is 15.1. The molecule has 0 fully saturated rings. The van der Waals surface area contributed by atoms with Gasteiger partial charge in [-0.05, 0) is 62.2 Å². The van der Waals surface area contributed by atoms with Crippen molar-refractivity contribution in [3.8, 4) is 11.3 Å². The van der Waals surface area contributed by atoms with Crippen LogP contribution in [0.15, 0.2) is 40.8 Å². The summed E-state index contributed by atoms with van der Waals surface area (Å²) < 4.78 is 5.79. The van der Waals surface area contributed by atoms with E-state index in [2.05, 4.69) is 5.32 Å². The predicted octanol–water partition coefficient (Wildman–Crippen LogP) is 3.85. The highest BCUT2D eigenvalue weighted by Gasteiger charge is 2.04. The first-order valence-corrected chi connectivity index (χ1v) is 7.33. The minimum absolute atomic E-state index is 0.280. The lowest BCUT2D eigenvalue weighted by Gasteiger charge is -2.02. The third kappa shape index (κ3) is 4.67. The molecule has 4 heteroatoms. The Balaban J connectivity index is 1.79. The number of furan rings is 1. The van der Waals surface area contributed by atoms with Gasteiger partial charge >= 0.3 is 0 Å². The van der Waals surface area contributed by atoms with Gasteiger partial charge in [0, 0.05) is 17.2 Å². The lowest BCUT2D eigenvalue weighted by Crippen LogP contribution is -2.14. The van der Waals surface area contributed by atoms with E-state index in [1.807, 2.05) is 36.4 Å². The Labute approximate surface area is 124 Å². The van der Waals surface area contributed by atoms with E-state index in [0.29, 0.717) is 0 Å². The summed E-state index contributed by atoms with van der Waals surface area (Å²) in [6, 6.07) is 11.6. The van der Waals surface area contributed by atoms with Crippen molar-refractivity contribution in [1.82, 2.24) is 5.32 Å². The molecule has 0 saturated heterocycles. The van der Waals surface area contributed by atoms with Gasteiger partial charge in [-0.2, -0.15) is 0 Å². The average Bonchev–Trinajstić information content (AvgIpc) is 2.92. The van der Waals surface area contributed by atoms with Gasteiger partial charge in [-0.1, -0.05) is 11.6 Å². The number of nitrogens with one attached hydrogen (secondary N) is 1. The normalized spacial score (nSPS) is 10.9. The Hall–Kier alpha value is -1.29. The number of aliphatic hydroxyl groups excluding tert-OH is 1. The van der Waals surface area contributed by atoms with Gasteiger partial charge in [0.25, 0.3) is 0 Å². The van der Waals surface area contributed by atoms with E-state index in [-0.39, 0.29) is 6.61 Å². The van der Waals surface area contributed by atoms with Gasteiger partial charge in [0.2, 0.25) is 0 Å². The van der Waals surface area contributed by atoms with Gasteiger partial charge in [-0.3, -0.25) is 0 Å². The highest BCUT2D eigenvalue weighted by Crippen LogP contribution is 2.23. The molecule has 0 aliphatic rings. The van der Waals surface area contributed by atoms with Crippen LogP contribution >= 0.6 is 11.6 Å². The lowest BCUT2D eigenvalue weighted by atomic mass is 10.2. The lowest BCUT2D eigenvalue weighted by molar-refractivity contribution is 0.282. The molecule has 1 aromatic carbocycles. The zero-order valence-corrected chi connectivity index (χ0v) is 12.2. The summed E-state index contributed by atoms with van der Waals surface area (Å²) in [5.74, 6) is 1.79. The van der Waals surface area contributed by atoms with Crippen molar-refractivity contribution in [2.75, 3.05) is 13.2 Å². The van der Waals surface area contributed by atoms with E-state index < -0.39 is 0 Å². The fraction of sp³-hybridized carbons (Fsp3) is 0.375. The second kappa shape index (κ2) is 8.10. The maximum absolute atomic E-state index is 8.69. The molecule has 0 amide bonds. The number of aliphatic hydroxyl groups is 1. The molecule has 0 spiro atoms. The summed E-state index contributed by atoms with van der Waals surface area (Å²) in [6.45, 7) is 1.95. The van der Waals surface area contributed by atoms with Gasteiger partial charge in [0.1, 0.15) is 11.5 Å². The van der Waals surface area contributed by atoms with E-state index in [0.717, 1.165) is 54.5 Å². The summed E-state index contributed by atoms with van der Waals surface area (Å²) in [4.78, 5) is 0. The van der Waals surface area contributed by atoms with Gasteiger partial charge in [0.05, 0.1) is 6.54 Å². The highest BCUT2D eigenvalue weighted by molar-refractivity contribution is 6.30. The van der Waals surface area contributed by atoms with E-state index >= 15 is 0 Å². The molecule has 0 saturated carbocycles. The van der Waals surface area contributed by atoms with Crippen molar-refractivity contribution in [3.05, 3.63) is 47.2 Å². The molecule has 1 aromatic heterocycles. The molecule has 108 valence electrons. The van der Waals surface area contributed by atoms with Crippen molar-refractivity contribution < 1.29 is 9.52 Å². The van der Waals surface area contributed by atoms with Crippen LogP contribution in [-0.2, 0) is 6.54 Å². The molecule has 0 radical (unpaired) electrons. The van der Waals surface area contributed by atoms with Crippen LogP contribution in [0.2, 0.25) is 5.02 Å². The Morgan fingerprint density at radius 3 is 2.55 bits per heavy atom. The number of hydrogen-bond acceptors (Lipinski definition) is 3. The van der Waals surface area contributed by atoms with Gasteiger partial charge in [-0.25, -0.2) is 0 Å². The predicted molar refractivity (Wildman–Crippen MR) is 81.8 cm³/mol. The molecule has 20 heavy (non-hydrogen) atoms. The van der Waals surface area contributed by atoms with Crippen molar-refractivity contribution >= 4 is 11.6 Å². The number of rotatable bonds is 8. The molecule has 0 bridgehead atoms. The second-order valence-electron chi connectivity index (χ2n) is 4.73. The number of halogens is 1. The van der Waals surface area contributed by atoms with Gasteiger partial charge in [0.15, 0.2) is 0 Å². The number of benzene rings is 1. The molecule has 0 aliphatic carbocycles. The van der Waals surface area contributed by atoms with E-state index in [4.69, 9.17) is 21.1 Å². The van der Waals surface area contributed by atoms with Gasteiger partial charge < -0.3 is 14.8 Å². The first-order valence-electron chi connectivity index (χ1n) is 6.96. The zero-order chi connectivity index (χ0) is 14.2. The van der Waals surface area contributed by atoms with Crippen molar-refractivity contribution in [2.24, 2.45) is 0 Å². The molecule has 0 atom stereocenters. The van der Waals surface area contributed by atoms with E-state index in [1.165, 1.54) is 0 Å². The standard InChI is InChI=1S/C16H20ClNO2/c17-14-6-4-13(5-7-14)16-9-8-15(20-16)12-18-10-2-1-3-11-19/h4-9,18-19H,1-3,10-12H2. The largest absolute Gasteiger partial charge is 0.460 e. The van der Waals surface area contributed by atoms with Crippen LogP contribution in [0.3, 0.4) is 0 Å². The molecule has 2 aromatic rings. The van der Waals surface area contributed by atoms with Crippen molar-refractivity contribution in [2.45, 2.75) is 25.8 Å². The number of unbranched alkanes of at least 4 members (excludes halogenated alkanes) is 2. The summed E-state index contributed by atoms with van der Waals surface area (Å²) in [6.07, 6.45) is 3.01. The van der Waals surface area contributed by atoms with E-state index in [1.54, 1.807) is 0 Å². The minimum Gasteiger partial charge on any atom is -0.460 e. The first-order chi connectivity index (χ1) is 9.79. The highest BCUT2D eigenvalue weighted by atomic mass is 35.5. The maximum Gasteiger partial charge on any atom is 0.134 e. The molecule has 0 unspecified atom stereocenters. The second-order valence-corrected chi connectivity index (χ2v) is 5.17. The molecular formula is C16H20ClNO2. The van der Waals surface area contributed by atoms with Crippen LogP contribution < -0.4 is 5.32 Å². The summed E-state index contributed by atoms with van der Waals surface area (Å²) >= 11 is 5.87. The Bertz CT molecular complexity index is 507. The molecule has 0 aliphatic heterocycles. The summed E-state index contributed by atoms with van der Waals surface area (Å²) in [5.41, 5.74) is 1.03. The molecule has 2 rings (SSSR count). The smallest absolute Gasteiger partial charge is 0.134 e. The van der Waals surface area contributed by atoms with Crippen LogP contribution in [0.1, 0.15) is 25.0 Å². The average molecular weight is 294 g/mol. The molecular weight excluding hydrogens is 274 g/mol. The van der Waals surface area contributed by atoms with Crippen LogP contribution in [0, 0.1) is 0 Å². The quantitative estimate of drug-likeness (QED) is 0.727. The summed E-state index contributed by atoms with van der Waals surface area (Å²) in [7, 11) is 0. The third-order valence-corrected chi connectivity index (χ3v) is 3.35. The van der Waals surface area contributed by atoms with E-state index in [9.17, 15) is 0 Å². The minimum atomic E-state index is 0.280. The van der Waals surface area contributed by atoms with Crippen molar-refractivity contribution in [3.63, 3.8) is 0 Å². The summed E-state index contributed by atoms with van der Waals surface area (Å²) in [5, 5.41) is 12.8. The van der Waals surface area contributed by atoms with Crippen molar-refractivity contribution in [1.29, 1.82) is 0 Å². The van der Waals surface area contributed by atoms with Gasteiger partial charge in [-0.15, -0.1) is 0 Å². The maximum atomic E-state index is 8.69. The molecule has 1 heterocycles. The fourth-order valence-corrected chi connectivity index (χ4v) is 2.12. The molecule has 3 nitrogen and oxygen atoms in total. The molecule has 2 N–H and O–H groups in total. The zero-order valence-electron chi connectivity index (χ0n) is 11.4.